The van der Waals surface area contributed by atoms with E-state index in [0.717, 1.165) is 0 Å². The number of nitrogens with one attached hydrogen (secondary N) is 2. The molecule has 2 rings (SSSR count). The number of rotatable bonds is 1. The average molecular weight is 232 g/mol. The lowest BCUT2D eigenvalue weighted by Gasteiger charge is -2.22. The van der Waals surface area contributed by atoms with Gasteiger partial charge in [0.1, 0.15) is 0 Å². The Balaban J connectivity index is 2.57. The molecule has 1 aliphatic heterocycles. The second kappa shape index (κ2) is 4.06. The molecule has 0 aliphatic carbocycles. The van der Waals surface area contributed by atoms with Crippen molar-refractivity contribution in [1.29, 1.82) is 0 Å². The van der Waals surface area contributed by atoms with Gasteiger partial charge < -0.3 is 10.6 Å². The molecule has 0 unspecified atom stereocenters. The predicted octanol–water partition coefficient (Wildman–Crippen LogP) is 2.58. The van der Waals surface area contributed by atoms with Gasteiger partial charge in [0.25, 0.3) is 0 Å². The summed E-state index contributed by atoms with van der Waals surface area (Å²) in [6.07, 6.45) is 0. The first kappa shape index (κ1) is 12.0. The van der Waals surface area contributed by atoms with Crippen molar-refractivity contribution in [3.05, 3.63) is 33.4 Å². The van der Waals surface area contributed by atoms with Crippen molar-refractivity contribution in [3.63, 3.8) is 0 Å². The summed E-state index contributed by atoms with van der Waals surface area (Å²) in [5.74, 6) is 0. The number of amides is 2. The smallest absolute Gasteiger partial charge is 0.315 e. The van der Waals surface area contributed by atoms with Crippen molar-refractivity contribution in [3.8, 4) is 0 Å². The van der Waals surface area contributed by atoms with Crippen LogP contribution in [0.3, 0.4) is 0 Å². The van der Waals surface area contributed by atoms with E-state index in [9.17, 15) is 4.79 Å². The molecule has 0 aromatic heterocycles. The summed E-state index contributed by atoms with van der Waals surface area (Å²) >= 11 is 0. The van der Waals surface area contributed by atoms with Crippen molar-refractivity contribution >= 4 is 6.03 Å². The summed E-state index contributed by atoms with van der Waals surface area (Å²) in [5.41, 5.74) is 7.93. The van der Waals surface area contributed by atoms with E-state index in [1.807, 2.05) is 0 Å². The van der Waals surface area contributed by atoms with Crippen molar-refractivity contribution in [1.82, 2.24) is 10.6 Å². The van der Waals surface area contributed by atoms with Gasteiger partial charge >= 0.3 is 6.03 Å². The van der Waals surface area contributed by atoms with Crippen LogP contribution in [-0.2, 0) is 0 Å². The van der Waals surface area contributed by atoms with Crippen LogP contribution in [0.5, 0.6) is 0 Å². The molecule has 1 aromatic rings. The van der Waals surface area contributed by atoms with Gasteiger partial charge in [0.15, 0.2) is 0 Å². The minimum atomic E-state index is -0.0651. The summed E-state index contributed by atoms with van der Waals surface area (Å²) in [6, 6.07) is 0.0465. The molecule has 3 nitrogen and oxygen atoms in total. The van der Waals surface area contributed by atoms with Crippen LogP contribution >= 0.6 is 0 Å². The van der Waals surface area contributed by atoms with Gasteiger partial charge in [0.05, 0.1) is 6.04 Å². The topological polar surface area (TPSA) is 41.1 Å². The van der Waals surface area contributed by atoms with Crippen LogP contribution in [0, 0.1) is 34.6 Å². The quantitative estimate of drug-likeness (QED) is 0.767. The number of carbonyl (C=O) groups excluding carboxylic acids is 1. The number of urea groups is 1. The van der Waals surface area contributed by atoms with E-state index in [1.54, 1.807) is 0 Å². The molecule has 17 heavy (non-hydrogen) atoms. The van der Waals surface area contributed by atoms with E-state index in [-0.39, 0.29) is 12.1 Å². The lowest BCUT2D eigenvalue weighted by atomic mass is 9.86. The normalized spacial score (nSPS) is 19.1. The lowest BCUT2D eigenvalue weighted by Crippen LogP contribution is -2.23. The molecule has 0 bridgehead atoms. The van der Waals surface area contributed by atoms with Crippen LogP contribution in [0.1, 0.15) is 39.4 Å². The van der Waals surface area contributed by atoms with E-state index in [0.29, 0.717) is 6.54 Å². The molecule has 2 N–H and O–H groups in total. The number of benzene rings is 1. The van der Waals surface area contributed by atoms with Crippen LogP contribution < -0.4 is 10.6 Å². The Morgan fingerprint density at radius 3 is 1.76 bits per heavy atom. The zero-order valence-electron chi connectivity index (χ0n) is 11.2. The van der Waals surface area contributed by atoms with Crippen LogP contribution in [-0.4, -0.2) is 12.6 Å². The maximum atomic E-state index is 11.3. The van der Waals surface area contributed by atoms with Crippen LogP contribution in [0.2, 0.25) is 0 Å². The fourth-order valence-corrected chi connectivity index (χ4v) is 2.68. The van der Waals surface area contributed by atoms with Gasteiger partial charge in [0.2, 0.25) is 0 Å². The van der Waals surface area contributed by atoms with Crippen LogP contribution in [0.4, 0.5) is 4.79 Å². The molecule has 1 aliphatic rings. The van der Waals surface area contributed by atoms with Crippen molar-refractivity contribution in [2.75, 3.05) is 6.54 Å². The zero-order chi connectivity index (χ0) is 12.7. The van der Waals surface area contributed by atoms with E-state index in [4.69, 9.17) is 0 Å². The second-order valence-corrected chi connectivity index (χ2v) is 4.95. The van der Waals surface area contributed by atoms with Gasteiger partial charge in [-0.1, -0.05) is 0 Å². The molecule has 1 aromatic carbocycles. The second-order valence-electron chi connectivity index (χ2n) is 4.95. The average Bonchev–Trinajstić information content (AvgIpc) is 2.71. The molecular formula is C14H20N2O. The summed E-state index contributed by atoms with van der Waals surface area (Å²) < 4.78 is 0. The lowest BCUT2D eigenvalue weighted by molar-refractivity contribution is 0.247. The van der Waals surface area contributed by atoms with E-state index in [2.05, 4.69) is 45.3 Å². The van der Waals surface area contributed by atoms with Gasteiger partial charge in [0, 0.05) is 6.54 Å². The van der Waals surface area contributed by atoms with E-state index >= 15 is 0 Å². The van der Waals surface area contributed by atoms with Crippen molar-refractivity contribution in [2.24, 2.45) is 0 Å². The van der Waals surface area contributed by atoms with Gasteiger partial charge in [-0.15, -0.1) is 0 Å². The molecular weight excluding hydrogens is 212 g/mol. The maximum absolute atomic E-state index is 11.3. The highest BCUT2D eigenvalue weighted by Crippen LogP contribution is 2.31. The molecule has 2 amide bonds. The Labute approximate surface area is 103 Å². The number of carbonyl (C=O) groups is 1. The first-order valence-corrected chi connectivity index (χ1v) is 6.04. The largest absolute Gasteiger partial charge is 0.336 e. The first-order chi connectivity index (χ1) is 7.93. The van der Waals surface area contributed by atoms with Crippen LogP contribution in [0.15, 0.2) is 0 Å². The fourth-order valence-electron chi connectivity index (χ4n) is 2.68. The highest BCUT2D eigenvalue weighted by Gasteiger charge is 2.26. The molecule has 1 fully saturated rings. The number of hydrogen-bond donors (Lipinski definition) is 2. The third kappa shape index (κ3) is 1.79. The van der Waals surface area contributed by atoms with Gasteiger partial charge in [-0.05, 0) is 68.0 Å². The zero-order valence-corrected chi connectivity index (χ0v) is 11.2. The standard InChI is InChI=1S/C14H20N2O/c1-7-8(2)10(4)13(11(5)9(7)3)12-6-15-14(17)16-12/h12H,6H2,1-5H3,(H2,15,16,17)/t12-/m0/s1. The molecule has 92 valence electrons. The van der Waals surface area contributed by atoms with Crippen LogP contribution in [0.25, 0.3) is 0 Å². The summed E-state index contributed by atoms with van der Waals surface area (Å²) in [7, 11) is 0. The van der Waals surface area contributed by atoms with Crippen molar-refractivity contribution < 1.29 is 4.79 Å². The Kier molecular flexibility index (Phi) is 2.86. The highest BCUT2D eigenvalue weighted by atomic mass is 16.2. The maximum Gasteiger partial charge on any atom is 0.315 e. The predicted molar refractivity (Wildman–Crippen MR) is 69.4 cm³/mol. The molecule has 0 spiro atoms. The Morgan fingerprint density at radius 1 is 0.882 bits per heavy atom. The fraction of sp³-hybridized carbons (Fsp3) is 0.500. The molecule has 0 radical (unpaired) electrons. The molecule has 1 heterocycles. The van der Waals surface area contributed by atoms with Gasteiger partial charge in [-0.3, -0.25) is 0 Å². The first-order valence-electron chi connectivity index (χ1n) is 6.04. The molecule has 3 heteroatoms. The summed E-state index contributed by atoms with van der Waals surface area (Å²) in [5, 5.41) is 5.80. The van der Waals surface area contributed by atoms with E-state index in [1.165, 1.54) is 33.4 Å². The molecule has 1 saturated heterocycles. The number of hydrogen-bond acceptors (Lipinski definition) is 1. The Bertz CT molecular complexity index is 462. The summed E-state index contributed by atoms with van der Waals surface area (Å²) in [4.78, 5) is 11.3. The third-order valence-electron chi connectivity index (χ3n) is 4.18. The Hall–Kier alpha value is -1.51. The minimum absolute atomic E-state index is 0.0651. The van der Waals surface area contributed by atoms with Crippen molar-refractivity contribution in [2.45, 2.75) is 40.7 Å². The molecule has 0 saturated carbocycles. The van der Waals surface area contributed by atoms with Gasteiger partial charge in [-0.25, -0.2) is 4.79 Å². The SMILES string of the molecule is Cc1c(C)c(C)c([C@@H]2CNC(=O)N2)c(C)c1C. The monoisotopic (exact) mass is 232 g/mol. The highest BCUT2D eigenvalue weighted by molar-refractivity contribution is 5.77. The minimum Gasteiger partial charge on any atom is -0.336 e. The third-order valence-corrected chi connectivity index (χ3v) is 4.18. The summed E-state index contributed by atoms with van der Waals surface area (Å²) in [6.45, 7) is 11.5. The van der Waals surface area contributed by atoms with E-state index < -0.39 is 0 Å². The Morgan fingerprint density at radius 2 is 1.35 bits per heavy atom. The molecule has 1 atom stereocenters. The van der Waals surface area contributed by atoms with Gasteiger partial charge in [-0.2, -0.15) is 0 Å².